The molecule has 0 spiro atoms. The molecule has 1 saturated heterocycles. The van der Waals surface area contributed by atoms with Gasteiger partial charge in [-0.25, -0.2) is 0 Å². The highest BCUT2D eigenvalue weighted by Gasteiger charge is 2.43. The third-order valence-electron chi connectivity index (χ3n) is 2.77. The lowest BCUT2D eigenvalue weighted by molar-refractivity contribution is -0.0152. The number of ether oxygens (including phenoxy) is 2. The van der Waals surface area contributed by atoms with E-state index in [1.165, 1.54) is 0 Å². The molecule has 0 saturated carbocycles. The molecule has 1 fully saturated rings. The Labute approximate surface area is 126 Å². The van der Waals surface area contributed by atoms with Crippen LogP contribution in [0.1, 0.15) is 12.0 Å². The average molecular weight is 330 g/mol. The fourth-order valence-corrected chi connectivity index (χ4v) is 2.66. The lowest BCUT2D eigenvalue weighted by Gasteiger charge is -2.25. The van der Waals surface area contributed by atoms with Gasteiger partial charge < -0.3 is 9.47 Å². The first kappa shape index (κ1) is 14.7. The minimum absolute atomic E-state index is 0.228. The average Bonchev–Trinajstić information content (AvgIpc) is 2.76. The quantitative estimate of drug-likeness (QED) is 0.766. The number of benzene rings is 1. The van der Waals surface area contributed by atoms with Gasteiger partial charge in [-0.2, -0.15) is 0 Å². The minimum atomic E-state index is -1.47. The monoisotopic (exact) mass is 328 g/mol. The van der Waals surface area contributed by atoms with Gasteiger partial charge in [0.25, 0.3) is 0 Å². The predicted molar refractivity (Wildman–Crippen MR) is 74.7 cm³/mol. The fraction of sp³-hybridized carbons (Fsp3) is 0.500. The van der Waals surface area contributed by atoms with Crippen molar-refractivity contribution in [2.75, 3.05) is 6.61 Å². The van der Waals surface area contributed by atoms with Crippen molar-refractivity contribution in [1.29, 1.82) is 0 Å². The van der Waals surface area contributed by atoms with Gasteiger partial charge in [-0.05, 0) is 18.1 Å². The number of hydrogen-bond acceptors (Lipinski definition) is 2. The Morgan fingerprint density at radius 2 is 2.00 bits per heavy atom. The van der Waals surface area contributed by atoms with E-state index in [-0.39, 0.29) is 6.10 Å². The molecule has 0 radical (unpaired) electrons. The largest absolute Gasteiger partial charge is 0.371 e. The Balaban J connectivity index is 1.96. The van der Waals surface area contributed by atoms with Crippen molar-refractivity contribution in [2.45, 2.75) is 29.0 Å². The Morgan fingerprint density at radius 3 is 2.67 bits per heavy atom. The zero-order valence-electron chi connectivity index (χ0n) is 9.41. The van der Waals surface area contributed by atoms with Crippen LogP contribution >= 0.6 is 46.4 Å². The summed E-state index contributed by atoms with van der Waals surface area (Å²) in [7, 11) is 0. The van der Waals surface area contributed by atoms with E-state index in [2.05, 4.69) is 0 Å². The summed E-state index contributed by atoms with van der Waals surface area (Å²) in [6.07, 6.45) is -0.0537. The van der Waals surface area contributed by atoms with Gasteiger partial charge in [0.05, 0.1) is 12.7 Å². The molecule has 2 rings (SSSR count). The van der Waals surface area contributed by atoms with E-state index < -0.39 is 9.90 Å². The van der Waals surface area contributed by atoms with Crippen LogP contribution in [0.2, 0.25) is 5.02 Å². The Hall–Kier alpha value is 0.300. The molecule has 1 heterocycles. The molecule has 0 amide bonds. The SMILES string of the molecule is Clc1ccccc1COC1CCOC1C(Cl)(Cl)Cl. The van der Waals surface area contributed by atoms with Crippen LogP contribution in [-0.4, -0.2) is 22.6 Å². The van der Waals surface area contributed by atoms with Crippen LogP contribution in [0.3, 0.4) is 0 Å². The van der Waals surface area contributed by atoms with E-state index in [0.29, 0.717) is 24.7 Å². The number of rotatable bonds is 3. The predicted octanol–water partition coefficient (Wildman–Crippen LogP) is 4.38. The summed E-state index contributed by atoms with van der Waals surface area (Å²) >= 11 is 23.6. The molecular weight excluding hydrogens is 318 g/mol. The summed E-state index contributed by atoms with van der Waals surface area (Å²) in [4.78, 5) is 0. The van der Waals surface area contributed by atoms with E-state index in [4.69, 9.17) is 55.9 Å². The van der Waals surface area contributed by atoms with Crippen LogP contribution in [-0.2, 0) is 16.1 Å². The standard InChI is InChI=1S/C12H12Cl4O2/c13-9-4-2-1-3-8(9)7-18-10-5-6-17-11(10)12(14,15)16/h1-4,10-11H,5-7H2. The molecule has 1 aromatic carbocycles. The molecule has 0 N–H and O–H groups in total. The second kappa shape index (κ2) is 6.17. The lowest BCUT2D eigenvalue weighted by atomic mass is 10.2. The van der Waals surface area contributed by atoms with Crippen LogP contribution in [0.15, 0.2) is 24.3 Å². The third-order valence-corrected chi connectivity index (χ3v) is 3.78. The Morgan fingerprint density at radius 1 is 1.28 bits per heavy atom. The van der Waals surface area contributed by atoms with Crippen molar-refractivity contribution >= 4 is 46.4 Å². The van der Waals surface area contributed by atoms with Gasteiger partial charge in [0.1, 0.15) is 6.10 Å². The summed E-state index contributed by atoms with van der Waals surface area (Å²) in [6.45, 7) is 0.913. The summed E-state index contributed by atoms with van der Waals surface area (Å²) in [5, 5.41) is 0.668. The van der Waals surface area contributed by atoms with Crippen LogP contribution in [0.25, 0.3) is 0 Å². The van der Waals surface area contributed by atoms with Crippen molar-refractivity contribution < 1.29 is 9.47 Å². The van der Waals surface area contributed by atoms with Crippen molar-refractivity contribution in [3.63, 3.8) is 0 Å². The second-order valence-electron chi connectivity index (χ2n) is 4.06. The maximum atomic E-state index is 6.05. The molecule has 1 aromatic rings. The molecule has 0 aliphatic carbocycles. The Bertz CT molecular complexity index is 405. The van der Waals surface area contributed by atoms with E-state index in [1.807, 2.05) is 24.3 Å². The van der Waals surface area contributed by atoms with Gasteiger partial charge >= 0.3 is 0 Å². The maximum absolute atomic E-state index is 6.05. The van der Waals surface area contributed by atoms with Crippen molar-refractivity contribution in [1.82, 2.24) is 0 Å². The second-order valence-corrected chi connectivity index (χ2v) is 6.84. The number of halogens is 4. The van der Waals surface area contributed by atoms with Crippen LogP contribution in [0.4, 0.5) is 0 Å². The highest BCUT2D eigenvalue weighted by Crippen LogP contribution is 2.38. The smallest absolute Gasteiger partial charge is 0.218 e. The van der Waals surface area contributed by atoms with E-state index in [0.717, 1.165) is 5.56 Å². The normalized spacial score (nSPS) is 24.4. The van der Waals surface area contributed by atoms with Crippen LogP contribution in [0, 0.1) is 0 Å². The first-order chi connectivity index (χ1) is 8.48. The molecule has 1 aliphatic rings. The zero-order valence-corrected chi connectivity index (χ0v) is 12.4. The first-order valence-electron chi connectivity index (χ1n) is 5.52. The van der Waals surface area contributed by atoms with Gasteiger partial charge in [0.2, 0.25) is 3.79 Å². The fourth-order valence-electron chi connectivity index (χ4n) is 1.86. The van der Waals surface area contributed by atoms with Crippen LogP contribution < -0.4 is 0 Å². The molecule has 6 heteroatoms. The van der Waals surface area contributed by atoms with Crippen molar-refractivity contribution in [3.8, 4) is 0 Å². The highest BCUT2D eigenvalue weighted by atomic mass is 35.6. The molecule has 100 valence electrons. The molecule has 2 nitrogen and oxygen atoms in total. The molecule has 0 bridgehead atoms. The first-order valence-corrected chi connectivity index (χ1v) is 7.03. The summed E-state index contributed by atoms with van der Waals surface area (Å²) in [6, 6.07) is 7.50. The van der Waals surface area contributed by atoms with Gasteiger partial charge in [-0.3, -0.25) is 0 Å². The maximum Gasteiger partial charge on any atom is 0.218 e. The van der Waals surface area contributed by atoms with Crippen molar-refractivity contribution in [3.05, 3.63) is 34.9 Å². The number of hydrogen-bond donors (Lipinski definition) is 0. The highest BCUT2D eigenvalue weighted by molar-refractivity contribution is 6.68. The summed E-state index contributed by atoms with van der Waals surface area (Å²) in [5.41, 5.74) is 0.911. The molecular formula is C12H12Cl4O2. The molecule has 18 heavy (non-hydrogen) atoms. The van der Waals surface area contributed by atoms with Gasteiger partial charge in [0, 0.05) is 11.6 Å². The Kier molecular flexibility index (Phi) is 5.04. The molecule has 0 aromatic heterocycles. The van der Waals surface area contributed by atoms with E-state index in [1.54, 1.807) is 0 Å². The third kappa shape index (κ3) is 3.66. The summed E-state index contributed by atoms with van der Waals surface area (Å²) < 4.78 is 9.67. The minimum Gasteiger partial charge on any atom is -0.371 e. The topological polar surface area (TPSA) is 18.5 Å². The van der Waals surface area contributed by atoms with Crippen molar-refractivity contribution in [2.24, 2.45) is 0 Å². The number of alkyl halides is 3. The van der Waals surface area contributed by atoms with Gasteiger partial charge in [-0.1, -0.05) is 64.6 Å². The van der Waals surface area contributed by atoms with E-state index >= 15 is 0 Å². The molecule has 2 unspecified atom stereocenters. The molecule has 2 atom stereocenters. The van der Waals surface area contributed by atoms with E-state index in [9.17, 15) is 0 Å². The van der Waals surface area contributed by atoms with Crippen LogP contribution in [0.5, 0.6) is 0 Å². The van der Waals surface area contributed by atoms with Gasteiger partial charge in [-0.15, -0.1) is 0 Å². The van der Waals surface area contributed by atoms with Gasteiger partial charge in [0.15, 0.2) is 0 Å². The lowest BCUT2D eigenvalue weighted by Crippen LogP contribution is -2.36. The zero-order chi connectivity index (χ0) is 13.2. The summed E-state index contributed by atoms with van der Waals surface area (Å²) in [5.74, 6) is 0. The molecule has 1 aliphatic heterocycles.